The smallest absolute Gasteiger partial charge is 0.226 e. The van der Waals surface area contributed by atoms with Crippen LogP contribution in [-0.2, 0) is 28.9 Å². The molecular formula is C18H23N3O2S. The van der Waals surface area contributed by atoms with Crippen molar-refractivity contribution in [2.45, 2.75) is 44.8 Å². The maximum atomic E-state index is 13.2. The van der Waals surface area contributed by atoms with Crippen molar-refractivity contribution in [3.63, 3.8) is 0 Å². The van der Waals surface area contributed by atoms with Gasteiger partial charge in [0.2, 0.25) is 5.91 Å². The number of rotatable bonds is 5. The van der Waals surface area contributed by atoms with Crippen molar-refractivity contribution in [3.8, 4) is 0 Å². The molecular weight excluding hydrogens is 322 g/mol. The molecule has 4 rings (SSSR count). The van der Waals surface area contributed by atoms with Gasteiger partial charge < -0.3 is 9.64 Å². The fourth-order valence-corrected chi connectivity index (χ4v) is 4.45. The third-order valence-corrected chi connectivity index (χ3v) is 5.92. The molecule has 2 aromatic rings. The summed E-state index contributed by atoms with van der Waals surface area (Å²) in [6.45, 7) is 2.23. The van der Waals surface area contributed by atoms with Crippen molar-refractivity contribution >= 4 is 17.2 Å². The average Bonchev–Trinajstić information content (AvgIpc) is 3.35. The topological polar surface area (TPSA) is 58.2 Å². The van der Waals surface area contributed by atoms with Gasteiger partial charge in [-0.3, -0.25) is 9.89 Å². The van der Waals surface area contributed by atoms with Crippen LogP contribution in [-0.4, -0.2) is 40.3 Å². The average molecular weight is 345 g/mol. The number of aromatic amines is 1. The lowest BCUT2D eigenvalue weighted by molar-refractivity contribution is -0.138. The number of aromatic nitrogens is 2. The van der Waals surface area contributed by atoms with Gasteiger partial charge in [0.1, 0.15) is 0 Å². The summed E-state index contributed by atoms with van der Waals surface area (Å²) in [4.78, 5) is 16.4. The summed E-state index contributed by atoms with van der Waals surface area (Å²) in [6.07, 6.45) is 6.88. The second-order valence-corrected chi connectivity index (χ2v) is 7.78. The first-order valence-electron chi connectivity index (χ1n) is 8.73. The zero-order valence-corrected chi connectivity index (χ0v) is 14.6. The highest BCUT2D eigenvalue weighted by molar-refractivity contribution is 7.09. The number of thiophene rings is 1. The summed E-state index contributed by atoms with van der Waals surface area (Å²) >= 11 is 1.71. The minimum absolute atomic E-state index is 0.0549. The fourth-order valence-electron chi connectivity index (χ4n) is 3.73. The number of hydrogen-bond donors (Lipinski definition) is 1. The standard InChI is InChI=1S/C18H23N3O2S/c22-18(13-5-6-14-10-19-20-17(14)9-13)21(11-15-3-1-7-23-15)12-16-4-2-8-24-16/h2,4,8,10,13,15H,1,3,5-7,9,11-12H2,(H,19,20)/t13-,15+/m0/s1. The Labute approximate surface area is 146 Å². The Morgan fingerprint density at radius 2 is 2.42 bits per heavy atom. The lowest BCUT2D eigenvalue weighted by Crippen LogP contribution is -2.41. The molecule has 1 saturated heterocycles. The van der Waals surface area contributed by atoms with Crippen LogP contribution in [0.3, 0.4) is 0 Å². The number of nitrogens with zero attached hydrogens (tertiary/aromatic N) is 2. The molecule has 0 spiro atoms. The first-order valence-corrected chi connectivity index (χ1v) is 9.61. The van der Waals surface area contributed by atoms with Crippen molar-refractivity contribution < 1.29 is 9.53 Å². The van der Waals surface area contributed by atoms with E-state index in [4.69, 9.17) is 4.74 Å². The first kappa shape index (κ1) is 15.8. The summed E-state index contributed by atoms with van der Waals surface area (Å²) in [5.74, 6) is 0.318. The maximum absolute atomic E-state index is 13.2. The van der Waals surface area contributed by atoms with E-state index < -0.39 is 0 Å². The third kappa shape index (κ3) is 3.39. The Morgan fingerprint density at radius 1 is 1.46 bits per heavy atom. The largest absolute Gasteiger partial charge is 0.376 e. The molecule has 1 fully saturated rings. The first-order chi connectivity index (χ1) is 11.8. The highest BCUT2D eigenvalue weighted by Gasteiger charge is 2.31. The van der Waals surface area contributed by atoms with Crippen molar-refractivity contribution in [2.75, 3.05) is 13.2 Å². The Bertz CT molecular complexity index is 676. The molecule has 6 heteroatoms. The van der Waals surface area contributed by atoms with Crippen molar-refractivity contribution in [1.82, 2.24) is 15.1 Å². The molecule has 1 aliphatic heterocycles. The van der Waals surface area contributed by atoms with Gasteiger partial charge in [0.15, 0.2) is 0 Å². The van der Waals surface area contributed by atoms with Crippen molar-refractivity contribution in [2.24, 2.45) is 5.92 Å². The fraction of sp³-hybridized carbons (Fsp3) is 0.556. The Hall–Kier alpha value is -1.66. The summed E-state index contributed by atoms with van der Waals surface area (Å²) in [5, 5.41) is 9.25. The predicted molar refractivity (Wildman–Crippen MR) is 92.8 cm³/mol. The molecule has 0 bridgehead atoms. The van der Waals surface area contributed by atoms with Gasteiger partial charge in [-0.05, 0) is 42.7 Å². The molecule has 0 unspecified atom stereocenters. The number of carbonyl (C=O) groups is 1. The van der Waals surface area contributed by atoms with Crippen LogP contribution in [0.4, 0.5) is 0 Å². The van der Waals surface area contributed by atoms with Gasteiger partial charge in [-0.1, -0.05) is 6.07 Å². The zero-order chi connectivity index (χ0) is 16.4. The minimum Gasteiger partial charge on any atom is -0.376 e. The number of ether oxygens (including phenoxy) is 1. The van der Waals surface area contributed by atoms with Crippen LogP contribution < -0.4 is 0 Å². The quantitative estimate of drug-likeness (QED) is 0.906. The van der Waals surface area contributed by atoms with E-state index in [-0.39, 0.29) is 17.9 Å². The zero-order valence-electron chi connectivity index (χ0n) is 13.7. The molecule has 1 N–H and O–H groups in total. The SMILES string of the molecule is O=C([C@H]1CCc2cn[nH]c2C1)N(Cc1cccs1)C[C@H]1CCCO1. The highest BCUT2D eigenvalue weighted by atomic mass is 32.1. The molecule has 2 aromatic heterocycles. The molecule has 24 heavy (non-hydrogen) atoms. The van der Waals surface area contributed by atoms with Crippen molar-refractivity contribution in [3.05, 3.63) is 39.8 Å². The summed E-state index contributed by atoms with van der Waals surface area (Å²) in [7, 11) is 0. The number of hydrogen-bond acceptors (Lipinski definition) is 4. The lowest BCUT2D eigenvalue weighted by Gasteiger charge is -2.30. The van der Waals surface area contributed by atoms with E-state index in [1.165, 1.54) is 10.4 Å². The normalized spacial score (nSPS) is 23.2. The highest BCUT2D eigenvalue weighted by Crippen LogP contribution is 2.27. The van der Waals surface area contributed by atoms with Gasteiger partial charge in [-0.25, -0.2) is 0 Å². The molecule has 2 atom stereocenters. The molecule has 0 radical (unpaired) electrons. The second kappa shape index (κ2) is 7.07. The molecule has 0 aromatic carbocycles. The molecule has 0 saturated carbocycles. The van der Waals surface area contributed by atoms with Gasteiger partial charge in [-0.2, -0.15) is 5.10 Å². The lowest BCUT2D eigenvalue weighted by atomic mass is 9.87. The van der Waals surface area contributed by atoms with Gasteiger partial charge in [-0.15, -0.1) is 11.3 Å². The summed E-state index contributed by atoms with van der Waals surface area (Å²) in [5.41, 5.74) is 2.40. The van der Waals surface area contributed by atoms with Gasteiger partial charge in [0.05, 0.1) is 18.8 Å². The van der Waals surface area contributed by atoms with E-state index in [9.17, 15) is 4.79 Å². The maximum Gasteiger partial charge on any atom is 0.226 e. The summed E-state index contributed by atoms with van der Waals surface area (Å²) in [6, 6.07) is 4.15. The van der Waals surface area contributed by atoms with Crippen LogP contribution >= 0.6 is 11.3 Å². The summed E-state index contributed by atoms with van der Waals surface area (Å²) < 4.78 is 5.78. The molecule has 1 amide bonds. The van der Waals surface area contributed by atoms with E-state index in [0.717, 1.165) is 44.4 Å². The number of amides is 1. The van der Waals surface area contributed by atoms with E-state index in [0.29, 0.717) is 13.1 Å². The van der Waals surface area contributed by atoms with Crippen molar-refractivity contribution in [1.29, 1.82) is 0 Å². The van der Waals surface area contributed by atoms with Crippen LogP contribution in [0.15, 0.2) is 23.7 Å². The van der Waals surface area contributed by atoms with Gasteiger partial charge in [0, 0.05) is 36.1 Å². The Balaban J connectivity index is 1.47. The van der Waals surface area contributed by atoms with Crippen LogP contribution in [0.2, 0.25) is 0 Å². The Morgan fingerprint density at radius 3 is 3.21 bits per heavy atom. The minimum atomic E-state index is 0.0549. The number of nitrogens with one attached hydrogen (secondary N) is 1. The molecule has 2 aliphatic rings. The number of fused-ring (bicyclic) bond motifs is 1. The van der Waals surface area contributed by atoms with Crippen LogP contribution in [0.25, 0.3) is 0 Å². The molecule has 3 heterocycles. The molecule has 128 valence electrons. The molecule has 1 aliphatic carbocycles. The number of H-pyrrole nitrogens is 1. The number of aryl methyl sites for hydroxylation is 1. The second-order valence-electron chi connectivity index (χ2n) is 6.75. The van der Waals surface area contributed by atoms with E-state index in [2.05, 4.69) is 21.6 Å². The molecule has 5 nitrogen and oxygen atoms in total. The van der Waals surface area contributed by atoms with Crippen LogP contribution in [0.1, 0.15) is 35.4 Å². The monoisotopic (exact) mass is 345 g/mol. The predicted octanol–water partition coefficient (Wildman–Crippen LogP) is 2.78. The Kier molecular flexibility index (Phi) is 4.67. The van der Waals surface area contributed by atoms with E-state index in [1.54, 1.807) is 11.3 Å². The van der Waals surface area contributed by atoms with Gasteiger partial charge >= 0.3 is 0 Å². The van der Waals surface area contributed by atoms with Gasteiger partial charge in [0.25, 0.3) is 0 Å². The van der Waals surface area contributed by atoms with E-state index in [1.807, 2.05) is 17.2 Å². The number of carbonyl (C=O) groups excluding carboxylic acids is 1. The third-order valence-electron chi connectivity index (χ3n) is 5.06. The van der Waals surface area contributed by atoms with E-state index >= 15 is 0 Å². The van der Waals surface area contributed by atoms with Crippen LogP contribution in [0.5, 0.6) is 0 Å². The van der Waals surface area contributed by atoms with Crippen LogP contribution in [0, 0.1) is 5.92 Å².